The highest BCUT2D eigenvalue weighted by atomic mass is 79.9. The van der Waals surface area contributed by atoms with Gasteiger partial charge in [0.15, 0.2) is 0 Å². The third-order valence-electron chi connectivity index (χ3n) is 3.20. The van der Waals surface area contributed by atoms with Gasteiger partial charge in [0.2, 0.25) is 0 Å². The van der Waals surface area contributed by atoms with Crippen LogP contribution in [0, 0.1) is 5.92 Å². The molecule has 0 radical (unpaired) electrons. The van der Waals surface area contributed by atoms with Crippen LogP contribution >= 0.6 is 15.9 Å². The molecule has 1 saturated carbocycles. The van der Waals surface area contributed by atoms with Crippen LogP contribution in [0.25, 0.3) is 0 Å². The minimum atomic E-state index is -0.0575. The van der Waals surface area contributed by atoms with Gasteiger partial charge in [-0.1, -0.05) is 12.8 Å². The Morgan fingerprint density at radius 2 is 2.32 bits per heavy atom. The van der Waals surface area contributed by atoms with E-state index in [1.54, 1.807) is 6.20 Å². The second-order valence-corrected chi connectivity index (χ2v) is 6.05. The number of nitrogens with one attached hydrogen (secondary N) is 2. The molecule has 1 aliphatic carbocycles. The predicted molar refractivity (Wildman–Crippen MR) is 80.4 cm³/mol. The number of anilines is 1. The molecule has 2 N–H and O–H groups in total. The quantitative estimate of drug-likeness (QED) is 0.844. The fraction of sp³-hybridized carbons (Fsp3) is 0.571. The van der Waals surface area contributed by atoms with Gasteiger partial charge < -0.3 is 10.6 Å². The van der Waals surface area contributed by atoms with Crippen molar-refractivity contribution >= 4 is 27.7 Å². The maximum Gasteiger partial charge on any atom is 0.255 e. The van der Waals surface area contributed by atoms with Gasteiger partial charge in [0.1, 0.15) is 5.82 Å². The minimum absolute atomic E-state index is 0.0575. The Kier molecular flexibility index (Phi) is 4.80. The van der Waals surface area contributed by atoms with Crippen molar-refractivity contribution in [3.8, 4) is 0 Å². The van der Waals surface area contributed by atoms with Gasteiger partial charge in [0.25, 0.3) is 5.91 Å². The minimum Gasteiger partial charge on any atom is -0.370 e. The van der Waals surface area contributed by atoms with Crippen molar-refractivity contribution in [2.24, 2.45) is 5.92 Å². The lowest BCUT2D eigenvalue weighted by Gasteiger charge is -2.15. The van der Waals surface area contributed by atoms with Gasteiger partial charge in [-0.05, 0) is 48.2 Å². The molecule has 5 heteroatoms. The molecule has 2 rings (SSSR count). The van der Waals surface area contributed by atoms with Crippen LogP contribution < -0.4 is 10.6 Å². The standard InChI is InChI=1S/C14H20BrN3O/c1-3-16-13-12(7-11(15)8-17-13)14(19)18-9(2)6-10-4-5-10/h7-10H,3-6H2,1-2H3,(H,16,17)(H,18,19). The van der Waals surface area contributed by atoms with E-state index in [0.29, 0.717) is 11.4 Å². The summed E-state index contributed by atoms with van der Waals surface area (Å²) < 4.78 is 0.814. The summed E-state index contributed by atoms with van der Waals surface area (Å²) in [6.45, 7) is 4.79. The molecule has 104 valence electrons. The lowest BCUT2D eigenvalue weighted by Crippen LogP contribution is -2.33. The Morgan fingerprint density at radius 1 is 1.58 bits per heavy atom. The highest BCUT2D eigenvalue weighted by Crippen LogP contribution is 2.33. The zero-order chi connectivity index (χ0) is 13.8. The van der Waals surface area contributed by atoms with E-state index in [0.717, 1.165) is 23.4 Å². The summed E-state index contributed by atoms with van der Waals surface area (Å²) in [6.07, 6.45) is 5.38. The molecule has 0 spiro atoms. The maximum absolute atomic E-state index is 12.3. The summed E-state index contributed by atoms with van der Waals surface area (Å²) in [6, 6.07) is 2.03. The van der Waals surface area contributed by atoms with Crippen molar-refractivity contribution in [1.29, 1.82) is 0 Å². The smallest absolute Gasteiger partial charge is 0.255 e. The summed E-state index contributed by atoms with van der Waals surface area (Å²) in [5.74, 6) is 1.39. The van der Waals surface area contributed by atoms with Crippen molar-refractivity contribution in [2.45, 2.75) is 39.2 Å². The van der Waals surface area contributed by atoms with Crippen LogP contribution in [-0.2, 0) is 0 Å². The van der Waals surface area contributed by atoms with Gasteiger partial charge in [0.05, 0.1) is 5.56 Å². The molecule has 1 aromatic heterocycles. The number of hydrogen-bond acceptors (Lipinski definition) is 3. The first kappa shape index (κ1) is 14.3. The van der Waals surface area contributed by atoms with Gasteiger partial charge >= 0.3 is 0 Å². The van der Waals surface area contributed by atoms with E-state index in [9.17, 15) is 4.79 Å². The van der Waals surface area contributed by atoms with Crippen molar-refractivity contribution in [3.63, 3.8) is 0 Å². The molecular weight excluding hydrogens is 306 g/mol. The van der Waals surface area contributed by atoms with Crippen LogP contribution in [0.15, 0.2) is 16.7 Å². The highest BCUT2D eigenvalue weighted by molar-refractivity contribution is 9.10. The fourth-order valence-electron chi connectivity index (χ4n) is 2.13. The highest BCUT2D eigenvalue weighted by Gasteiger charge is 2.25. The van der Waals surface area contributed by atoms with Crippen LogP contribution in [0.4, 0.5) is 5.82 Å². The van der Waals surface area contributed by atoms with Crippen molar-refractivity contribution in [1.82, 2.24) is 10.3 Å². The number of nitrogens with zero attached hydrogens (tertiary/aromatic N) is 1. The molecular formula is C14H20BrN3O. The summed E-state index contributed by atoms with van der Waals surface area (Å²) in [7, 11) is 0. The second kappa shape index (κ2) is 6.37. The molecule has 1 atom stereocenters. The lowest BCUT2D eigenvalue weighted by atomic mass is 10.1. The largest absolute Gasteiger partial charge is 0.370 e. The first-order chi connectivity index (χ1) is 9.10. The molecule has 0 saturated heterocycles. The van der Waals surface area contributed by atoms with E-state index in [1.807, 2.05) is 13.0 Å². The van der Waals surface area contributed by atoms with Crippen molar-refractivity contribution in [3.05, 3.63) is 22.3 Å². The average molecular weight is 326 g/mol. The Bertz CT molecular complexity index is 460. The summed E-state index contributed by atoms with van der Waals surface area (Å²) >= 11 is 3.36. The first-order valence-electron chi connectivity index (χ1n) is 6.80. The Labute approximate surface area is 122 Å². The molecule has 4 nitrogen and oxygen atoms in total. The van der Waals surface area contributed by atoms with Gasteiger partial charge in [-0.3, -0.25) is 4.79 Å². The fourth-order valence-corrected chi connectivity index (χ4v) is 2.47. The number of rotatable bonds is 6. The van der Waals surface area contributed by atoms with Crippen LogP contribution in [0.5, 0.6) is 0 Å². The molecule has 1 aliphatic rings. The summed E-state index contributed by atoms with van der Waals surface area (Å²) in [5, 5.41) is 6.17. The molecule has 0 aromatic carbocycles. The predicted octanol–water partition coefficient (Wildman–Crippen LogP) is 3.19. The monoisotopic (exact) mass is 325 g/mol. The molecule has 0 bridgehead atoms. The maximum atomic E-state index is 12.3. The number of halogens is 1. The van der Waals surface area contributed by atoms with Gasteiger partial charge in [-0.25, -0.2) is 4.98 Å². The summed E-state index contributed by atoms with van der Waals surface area (Å²) in [5.41, 5.74) is 0.596. The molecule has 1 aromatic rings. The third kappa shape index (κ3) is 4.20. The van der Waals surface area contributed by atoms with E-state index in [1.165, 1.54) is 12.8 Å². The Balaban J connectivity index is 2.05. The molecule has 1 heterocycles. The van der Waals surface area contributed by atoms with Crippen LogP contribution in [0.3, 0.4) is 0 Å². The van der Waals surface area contributed by atoms with Crippen LogP contribution in [0.2, 0.25) is 0 Å². The lowest BCUT2D eigenvalue weighted by molar-refractivity contribution is 0.0938. The van der Waals surface area contributed by atoms with Gasteiger partial charge in [0, 0.05) is 23.3 Å². The van der Waals surface area contributed by atoms with E-state index < -0.39 is 0 Å². The second-order valence-electron chi connectivity index (χ2n) is 5.13. The summed E-state index contributed by atoms with van der Waals surface area (Å²) in [4.78, 5) is 16.5. The molecule has 1 amide bonds. The van der Waals surface area contributed by atoms with E-state index in [4.69, 9.17) is 0 Å². The number of amides is 1. The normalized spacial score (nSPS) is 15.9. The van der Waals surface area contributed by atoms with E-state index in [-0.39, 0.29) is 11.9 Å². The Hall–Kier alpha value is -1.10. The molecule has 19 heavy (non-hydrogen) atoms. The Morgan fingerprint density at radius 3 is 2.95 bits per heavy atom. The van der Waals surface area contributed by atoms with E-state index in [2.05, 4.69) is 38.5 Å². The zero-order valence-electron chi connectivity index (χ0n) is 11.4. The number of hydrogen-bond donors (Lipinski definition) is 2. The van der Waals surface area contributed by atoms with Crippen LogP contribution in [-0.4, -0.2) is 23.5 Å². The van der Waals surface area contributed by atoms with Gasteiger partial charge in [-0.2, -0.15) is 0 Å². The number of carbonyl (C=O) groups is 1. The average Bonchev–Trinajstić information content (AvgIpc) is 3.15. The zero-order valence-corrected chi connectivity index (χ0v) is 13.0. The molecule has 1 unspecified atom stereocenters. The van der Waals surface area contributed by atoms with Crippen LogP contribution in [0.1, 0.15) is 43.5 Å². The SMILES string of the molecule is CCNc1ncc(Br)cc1C(=O)NC(C)CC1CC1. The third-order valence-corrected chi connectivity index (χ3v) is 3.64. The van der Waals surface area contributed by atoms with Crippen molar-refractivity contribution < 1.29 is 4.79 Å². The topological polar surface area (TPSA) is 54.0 Å². The molecule has 1 fully saturated rings. The number of carbonyl (C=O) groups excluding carboxylic acids is 1. The number of aromatic nitrogens is 1. The number of pyridine rings is 1. The van der Waals surface area contributed by atoms with Gasteiger partial charge in [-0.15, -0.1) is 0 Å². The molecule has 0 aliphatic heterocycles. The van der Waals surface area contributed by atoms with E-state index >= 15 is 0 Å². The van der Waals surface area contributed by atoms with Crippen molar-refractivity contribution in [2.75, 3.05) is 11.9 Å². The first-order valence-corrected chi connectivity index (χ1v) is 7.59.